The first kappa shape index (κ1) is 14.9. The fraction of sp³-hybridized carbons (Fsp3) is 0.300. The average Bonchev–Trinajstić information content (AvgIpc) is 2.85. The van der Waals surface area contributed by atoms with Gasteiger partial charge in [0.15, 0.2) is 0 Å². The van der Waals surface area contributed by atoms with Gasteiger partial charge in [-0.2, -0.15) is 0 Å². The van der Waals surface area contributed by atoms with Crippen LogP contribution in [-0.4, -0.2) is 36.8 Å². The first-order chi connectivity index (χ1) is 9.63. The monoisotopic (exact) mass is 359 g/mol. The van der Waals surface area contributed by atoms with Gasteiger partial charge in [0, 0.05) is 11.8 Å². The van der Waals surface area contributed by atoms with Crippen molar-refractivity contribution in [1.29, 1.82) is 0 Å². The molecule has 0 aliphatic rings. The summed E-state index contributed by atoms with van der Waals surface area (Å²) in [6.07, 6.45) is 0. The minimum Gasteiger partial charge on any atom is -0.394 e. The molecule has 0 aliphatic carbocycles. The van der Waals surface area contributed by atoms with Crippen molar-refractivity contribution in [2.75, 3.05) is 6.61 Å². The van der Waals surface area contributed by atoms with E-state index in [1.807, 2.05) is 0 Å². The Morgan fingerprint density at radius 2 is 2.30 bits per heavy atom. The van der Waals surface area contributed by atoms with Crippen LogP contribution in [0.15, 0.2) is 27.8 Å². The molecule has 0 unspecified atom stereocenters. The largest absolute Gasteiger partial charge is 0.394 e. The van der Waals surface area contributed by atoms with Crippen LogP contribution in [0.3, 0.4) is 0 Å². The number of hydrogen-bond acceptors (Lipinski definition) is 7. The number of nitrogens with zero attached hydrogens (tertiary/aromatic N) is 5. The van der Waals surface area contributed by atoms with Crippen molar-refractivity contribution in [2.45, 2.75) is 17.5 Å². The number of aliphatic hydroxyl groups is 1. The van der Waals surface area contributed by atoms with Crippen LogP contribution >= 0.6 is 27.7 Å². The third-order valence-electron chi connectivity index (χ3n) is 2.42. The number of tetrazole rings is 1. The molecule has 2 rings (SSSR count). The highest BCUT2D eigenvalue weighted by Gasteiger charge is 2.16. The number of nitro benzene ring substituents is 1. The van der Waals surface area contributed by atoms with E-state index in [0.29, 0.717) is 21.9 Å². The van der Waals surface area contributed by atoms with Gasteiger partial charge in [-0.3, -0.25) is 10.1 Å². The third-order valence-corrected chi connectivity index (χ3v) is 4.34. The number of aromatic nitrogens is 4. The van der Waals surface area contributed by atoms with Gasteiger partial charge in [-0.05, 0) is 31.9 Å². The molecule has 1 N–H and O–H groups in total. The molecule has 0 aliphatic heterocycles. The second-order valence-corrected chi connectivity index (χ2v) is 5.44. The minimum atomic E-state index is -0.436. The van der Waals surface area contributed by atoms with E-state index in [1.165, 1.54) is 22.5 Å². The molecule has 20 heavy (non-hydrogen) atoms. The molecular weight excluding hydrogens is 350 g/mol. The van der Waals surface area contributed by atoms with Crippen molar-refractivity contribution in [3.63, 3.8) is 0 Å². The van der Waals surface area contributed by atoms with Gasteiger partial charge in [-0.1, -0.05) is 23.9 Å². The molecule has 106 valence electrons. The Balaban J connectivity index is 2.13. The molecule has 0 amide bonds. The minimum absolute atomic E-state index is 0.0260. The number of rotatable bonds is 6. The lowest BCUT2D eigenvalue weighted by Gasteiger charge is -2.05. The predicted octanol–water partition coefficient (Wildman–Crippen LogP) is 1.63. The zero-order valence-electron chi connectivity index (χ0n) is 10.1. The van der Waals surface area contributed by atoms with Gasteiger partial charge in [0.1, 0.15) is 0 Å². The molecular formula is C10H10BrN5O3S. The summed E-state index contributed by atoms with van der Waals surface area (Å²) in [5, 5.41) is 31.4. The van der Waals surface area contributed by atoms with E-state index < -0.39 is 4.92 Å². The van der Waals surface area contributed by atoms with Gasteiger partial charge in [0.05, 0.1) is 22.5 Å². The van der Waals surface area contributed by atoms with Crippen molar-refractivity contribution in [3.8, 4) is 0 Å². The Morgan fingerprint density at radius 1 is 1.50 bits per heavy atom. The molecule has 0 bridgehead atoms. The van der Waals surface area contributed by atoms with Gasteiger partial charge in [-0.25, -0.2) is 4.68 Å². The molecule has 0 fully saturated rings. The summed E-state index contributed by atoms with van der Waals surface area (Å²) < 4.78 is 1.94. The summed E-state index contributed by atoms with van der Waals surface area (Å²) in [4.78, 5) is 10.4. The molecule has 0 radical (unpaired) electrons. The summed E-state index contributed by atoms with van der Waals surface area (Å²) >= 11 is 4.59. The first-order valence-corrected chi connectivity index (χ1v) is 7.33. The van der Waals surface area contributed by atoms with Crippen molar-refractivity contribution in [3.05, 3.63) is 38.3 Å². The van der Waals surface area contributed by atoms with E-state index in [4.69, 9.17) is 5.11 Å². The number of halogens is 1. The summed E-state index contributed by atoms with van der Waals surface area (Å²) in [6.45, 7) is 0.255. The van der Waals surface area contributed by atoms with E-state index in [1.54, 1.807) is 12.1 Å². The van der Waals surface area contributed by atoms with E-state index in [9.17, 15) is 10.1 Å². The standard InChI is InChI=1S/C10H10BrN5O3S/c11-9-7(2-1-3-8(9)16(18)19)6-20-10-12-13-14-15(10)4-5-17/h1-3,17H,4-6H2. The number of aliphatic hydroxyl groups excluding tert-OH is 1. The Bertz CT molecular complexity index is 621. The molecule has 0 saturated heterocycles. The summed E-state index contributed by atoms with van der Waals surface area (Å²) in [6, 6.07) is 4.87. The Kier molecular flexibility index (Phi) is 5.04. The quantitative estimate of drug-likeness (QED) is 0.474. The number of nitro groups is 1. The van der Waals surface area contributed by atoms with Crippen LogP contribution in [0, 0.1) is 10.1 Å². The van der Waals surface area contributed by atoms with Gasteiger partial charge >= 0.3 is 0 Å². The maximum atomic E-state index is 10.9. The molecule has 1 heterocycles. The lowest BCUT2D eigenvalue weighted by molar-refractivity contribution is -0.385. The maximum Gasteiger partial charge on any atom is 0.283 e. The van der Waals surface area contributed by atoms with E-state index in [-0.39, 0.29) is 12.3 Å². The van der Waals surface area contributed by atoms with Crippen LogP contribution in [0.1, 0.15) is 5.56 Å². The Labute approximate surface area is 126 Å². The van der Waals surface area contributed by atoms with E-state index >= 15 is 0 Å². The molecule has 0 spiro atoms. The van der Waals surface area contributed by atoms with Crippen LogP contribution in [0.4, 0.5) is 5.69 Å². The van der Waals surface area contributed by atoms with Crippen LogP contribution in [-0.2, 0) is 12.3 Å². The zero-order chi connectivity index (χ0) is 14.5. The highest BCUT2D eigenvalue weighted by molar-refractivity contribution is 9.10. The van der Waals surface area contributed by atoms with Crippen LogP contribution in [0.2, 0.25) is 0 Å². The predicted molar refractivity (Wildman–Crippen MR) is 75.3 cm³/mol. The van der Waals surface area contributed by atoms with Crippen molar-refractivity contribution >= 4 is 33.4 Å². The van der Waals surface area contributed by atoms with Crippen LogP contribution in [0.5, 0.6) is 0 Å². The zero-order valence-corrected chi connectivity index (χ0v) is 12.5. The number of hydrogen-bond donors (Lipinski definition) is 1. The summed E-state index contributed by atoms with van der Waals surface area (Å²) in [5.74, 6) is 0.480. The average molecular weight is 360 g/mol. The van der Waals surface area contributed by atoms with Gasteiger partial charge in [0.25, 0.3) is 5.69 Å². The van der Waals surface area contributed by atoms with Crippen LogP contribution in [0.25, 0.3) is 0 Å². The van der Waals surface area contributed by atoms with Gasteiger partial charge in [0.2, 0.25) is 5.16 Å². The van der Waals surface area contributed by atoms with E-state index in [2.05, 4.69) is 31.5 Å². The Morgan fingerprint density at radius 3 is 3.00 bits per heavy atom. The second-order valence-electron chi connectivity index (χ2n) is 3.70. The van der Waals surface area contributed by atoms with Crippen molar-refractivity contribution in [1.82, 2.24) is 20.2 Å². The highest BCUT2D eigenvalue weighted by Crippen LogP contribution is 2.32. The molecule has 1 aromatic carbocycles. The lowest BCUT2D eigenvalue weighted by Crippen LogP contribution is -2.05. The molecule has 1 aromatic heterocycles. The third kappa shape index (κ3) is 3.32. The number of benzene rings is 1. The maximum absolute atomic E-state index is 10.9. The van der Waals surface area contributed by atoms with Crippen molar-refractivity contribution < 1.29 is 10.0 Å². The van der Waals surface area contributed by atoms with Gasteiger partial charge < -0.3 is 5.11 Å². The van der Waals surface area contributed by atoms with Gasteiger partial charge in [-0.15, -0.1) is 5.10 Å². The number of thioether (sulfide) groups is 1. The van der Waals surface area contributed by atoms with E-state index in [0.717, 1.165) is 5.56 Å². The lowest BCUT2D eigenvalue weighted by atomic mass is 10.2. The molecule has 0 saturated carbocycles. The normalized spacial score (nSPS) is 10.7. The molecule has 8 nitrogen and oxygen atoms in total. The first-order valence-electron chi connectivity index (χ1n) is 5.55. The SMILES string of the molecule is O=[N+]([O-])c1cccc(CSc2nnnn2CCO)c1Br. The smallest absolute Gasteiger partial charge is 0.283 e. The second kappa shape index (κ2) is 6.77. The highest BCUT2D eigenvalue weighted by atomic mass is 79.9. The fourth-order valence-electron chi connectivity index (χ4n) is 1.50. The molecule has 2 aromatic rings. The fourth-order valence-corrected chi connectivity index (χ4v) is 3.13. The Hall–Kier alpha value is -1.52. The summed E-state index contributed by atoms with van der Waals surface area (Å²) in [5.41, 5.74) is 0.806. The van der Waals surface area contributed by atoms with Crippen LogP contribution < -0.4 is 0 Å². The summed E-state index contributed by atoms with van der Waals surface area (Å²) in [7, 11) is 0. The topological polar surface area (TPSA) is 107 Å². The molecule has 10 heteroatoms. The van der Waals surface area contributed by atoms with Crippen molar-refractivity contribution in [2.24, 2.45) is 0 Å². The molecule has 0 atom stereocenters.